The first kappa shape index (κ1) is 17.1. The van der Waals surface area contributed by atoms with Crippen LogP contribution < -0.4 is 14.9 Å². The second-order valence-electron chi connectivity index (χ2n) is 4.24. The van der Waals surface area contributed by atoms with Gasteiger partial charge in [-0.2, -0.15) is 5.10 Å². The molecule has 0 spiro atoms. The van der Waals surface area contributed by atoms with Crippen LogP contribution in [0.15, 0.2) is 44.4 Å². The highest BCUT2D eigenvalue weighted by molar-refractivity contribution is 9.11. The summed E-state index contributed by atoms with van der Waals surface area (Å²) in [7, 11) is 3.19. The Morgan fingerprint density at radius 2 is 1.77 bits per heavy atom. The van der Waals surface area contributed by atoms with E-state index in [-0.39, 0.29) is 0 Å². The van der Waals surface area contributed by atoms with Gasteiger partial charge in [-0.3, -0.25) is 5.43 Å². The maximum Gasteiger partial charge on any atom is 0.147 e. The van der Waals surface area contributed by atoms with Crippen LogP contribution in [-0.2, 0) is 0 Å². The zero-order chi connectivity index (χ0) is 16.1. The molecule has 0 radical (unpaired) electrons. The molecular weight excluding hydrogens is 435 g/mol. The van der Waals surface area contributed by atoms with Crippen LogP contribution in [0.4, 0.5) is 5.69 Å². The largest absolute Gasteiger partial charge is 0.495 e. The van der Waals surface area contributed by atoms with Gasteiger partial charge >= 0.3 is 0 Å². The van der Waals surface area contributed by atoms with Crippen molar-refractivity contribution < 1.29 is 9.47 Å². The van der Waals surface area contributed by atoms with E-state index in [9.17, 15) is 0 Å². The molecule has 0 unspecified atom stereocenters. The molecule has 0 amide bonds. The Labute approximate surface area is 150 Å². The number of anilines is 1. The quantitative estimate of drug-likeness (QED) is 0.497. The van der Waals surface area contributed by atoms with Gasteiger partial charge in [-0.25, -0.2) is 0 Å². The van der Waals surface area contributed by atoms with Crippen LogP contribution in [0, 0.1) is 0 Å². The highest BCUT2D eigenvalue weighted by Gasteiger charge is 2.06. The lowest BCUT2D eigenvalue weighted by Gasteiger charge is -2.07. The number of nitrogens with one attached hydrogen (secondary N) is 1. The Morgan fingerprint density at radius 1 is 1.09 bits per heavy atom. The second-order valence-corrected chi connectivity index (χ2v) is 6.35. The number of hydrazone groups is 1. The first-order valence-corrected chi connectivity index (χ1v) is 8.17. The molecule has 2 aromatic rings. The molecule has 0 aliphatic rings. The fourth-order valence-electron chi connectivity index (χ4n) is 1.77. The Kier molecular flexibility index (Phi) is 6.11. The van der Waals surface area contributed by atoms with Gasteiger partial charge in [0.2, 0.25) is 0 Å². The molecule has 1 N–H and O–H groups in total. The molecule has 2 rings (SSSR count). The molecule has 0 atom stereocenters. The van der Waals surface area contributed by atoms with Gasteiger partial charge in [0.05, 0.1) is 40.1 Å². The van der Waals surface area contributed by atoms with Crippen LogP contribution in [0.25, 0.3) is 0 Å². The van der Waals surface area contributed by atoms with E-state index in [0.29, 0.717) is 10.8 Å². The summed E-state index contributed by atoms with van der Waals surface area (Å²) in [5.41, 5.74) is 4.60. The number of benzene rings is 2. The lowest BCUT2D eigenvalue weighted by Crippen LogP contribution is -1.93. The molecule has 0 aromatic heterocycles. The summed E-state index contributed by atoms with van der Waals surface area (Å²) in [5.74, 6) is 1.37. The van der Waals surface area contributed by atoms with Gasteiger partial charge < -0.3 is 9.47 Å². The van der Waals surface area contributed by atoms with Gasteiger partial charge in [-0.05, 0) is 67.8 Å². The number of hydrogen-bond donors (Lipinski definition) is 1. The average molecular weight is 449 g/mol. The molecule has 22 heavy (non-hydrogen) atoms. The van der Waals surface area contributed by atoms with Crippen molar-refractivity contribution in [3.8, 4) is 11.5 Å². The SMILES string of the molecule is COc1ccc(N/N=C/c2cc(Br)c(OC)c(Br)c2)cc1Cl. The first-order valence-electron chi connectivity index (χ1n) is 6.20. The van der Waals surface area contributed by atoms with Gasteiger partial charge in [0, 0.05) is 0 Å². The van der Waals surface area contributed by atoms with Gasteiger partial charge in [-0.15, -0.1) is 0 Å². The summed E-state index contributed by atoms with van der Waals surface area (Å²) in [4.78, 5) is 0. The normalized spacial score (nSPS) is 10.8. The Balaban J connectivity index is 2.11. The average Bonchev–Trinajstić information content (AvgIpc) is 2.47. The Morgan fingerprint density at radius 3 is 2.32 bits per heavy atom. The van der Waals surface area contributed by atoms with Crippen LogP contribution in [0.2, 0.25) is 5.02 Å². The van der Waals surface area contributed by atoms with E-state index in [1.165, 1.54) is 0 Å². The zero-order valence-electron chi connectivity index (χ0n) is 11.9. The molecule has 7 heteroatoms. The summed E-state index contributed by atoms with van der Waals surface area (Å²) >= 11 is 13.0. The molecule has 0 aliphatic heterocycles. The van der Waals surface area contributed by atoms with Crippen molar-refractivity contribution in [2.75, 3.05) is 19.6 Å². The number of methoxy groups -OCH3 is 2. The van der Waals surface area contributed by atoms with Gasteiger partial charge in [0.25, 0.3) is 0 Å². The van der Waals surface area contributed by atoms with E-state index in [2.05, 4.69) is 42.4 Å². The monoisotopic (exact) mass is 446 g/mol. The fourth-order valence-corrected chi connectivity index (χ4v) is 3.57. The Hall–Kier alpha value is -1.24. The molecule has 0 saturated heterocycles. The third kappa shape index (κ3) is 4.15. The van der Waals surface area contributed by atoms with E-state index in [4.69, 9.17) is 21.1 Å². The van der Waals surface area contributed by atoms with Crippen molar-refractivity contribution in [2.45, 2.75) is 0 Å². The second kappa shape index (κ2) is 7.85. The van der Waals surface area contributed by atoms with Gasteiger partial charge in [0.15, 0.2) is 0 Å². The predicted molar refractivity (Wildman–Crippen MR) is 97.6 cm³/mol. The standard InChI is InChI=1S/C15H13Br2ClN2O2/c1-21-14-4-3-10(7-13(14)18)20-19-8-9-5-11(16)15(22-2)12(17)6-9/h3-8,20H,1-2H3/b19-8+. The lowest BCUT2D eigenvalue weighted by atomic mass is 10.2. The van der Waals surface area contributed by atoms with Crippen molar-refractivity contribution in [1.29, 1.82) is 0 Å². The van der Waals surface area contributed by atoms with Crippen molar-refractivity contribution in [2.24, 2.45) is 5.10 Å². The van der Waals surface area contributed by atoms with Gasteiger partial charge in [0.1, 0.15) is 11.5 Å². The van der Waals surface area contributed by atoms with Crippen LogP contribution in [-0.4, -0.2) is 20.4 Å². The number of hydrogen-bond acceptors (Lipinski definition) is 4. The van der Waals surface area contributed by atoms with Crippen molar-refractivity contribution in [1.82, 2.24) is 0 Å². The highest BCUT2D eigenvalue weighted by Crippen LogP contribution is 2.34. The lowest BCUT2D eigenvalue weighted by molar-refractivity contribution is 0.409. The van der Waals surface area contributed by atoms with E-state index >= 15 is 0 Å². The molecule has 0 saturated carbocycles. The Bertz CT molecular complexity index is 685. The van der Waals surface area contributed by atoms with Gasteiger partial charge in [-0.1, -0.05) is 11.6 Å². The van der Waals surface area contributed by atoms with Crippen molar-refractivity contribution in [3.05, 3.63) is 49.9 Å². The number of rotatable bonds is 5. The number of halogens is 3. The first-order chi connectivity index (χ1) is 10.5. The fraction of sp³-hybridized carbons (Fsp3) is 0.133. The third-order valence-electron chi connectivity index (χ3n) is 2.78. The number of ether oxygens (including phenoxy) is 2. The number of nitrogens with zero attached hydrogens (tertiary/aromatic N) is 1. The molecule has 2 aromatic carbocycles. The van der Waals surface area contributed by atoms with Crippen LogP contribution in [0.5, 0.6) is 11.5 Å². The van der Waals surface area contributed by atoms with E-state index in [1.807, 2.05) is 18.2 Å². The summed E-state index contributed by atoms with van der Waals surface area (Å²) < 4.78 is 12.1. The zero-order valence-corrected chi connectivity index (χ0v) is 15.8. The van der Waals surface area contributed by atoms with E-state index < -0.39 is 0 Å². The summed E-state index contributed by atoms with van der Waals surface area (Å²) in [6.07, 6.45) is 1.70. The third-order valence-corrected chi connectivity index (χ3v) is 4.26. The van der Waals surface area contributed by atoms with Crippen molar-refractivity contribution >= 4 is 55.4 Å². The minimum Gasteiger partial charge on any atom is -0.495 e. The minimum absolute atomic E-state index is 0.526. The highest BCUT2D eigenvalue weighted by atomic mass is 79.9. The smallest absolute Gasteiger partial charge is 0.147 e. The van der Waals surface area contributed by atoms with Crippen LogP contribution in [0.1, 0.15) is 5.56 Å². The van der Waals surface area contributed by atoms with Crippen LogP contribution in [0.3, 0.4) is 0 Å². The van der Waals surface area contributed by atoms with Crippen LogP contribution >= 0.6 is 43.5 Å². The predicted octanol–water partition coefficient (Wildman–Crippen LogP) is 5.33. The molecule has 0 fully saturated rings. The molecule has 4 nitrogen and oxygen atoms in total. The topological polar surface area (TPSA) is 42.8 Å². The van der Waals surface area contributed by atoms with Crippen molar-refractivity contribution in [3.63, 3.8) is 0 Å². The maximum absolute atomic E-state index is 6.06. The van der Waals surface area contributed by atoms with E-state index in [0.717, 1.165) is 25.9 Å². The molecule has 0 heterocycles. The molecule has 0 bridgehead atoms. The molecule has 116 valence electrons. The summed E-state index contributed by atoms with van der Waals surface area (Å²) in [5, 5.41) is 4.71. The molecular formula is C15H13Br2ClN2O2. The summed E-state index contributed by atoms with van der Waals surface area (Å²) in [6, 6.07) is 9.19. The summed E-state index contributed by atoms with van der Waals surface area (Å²) in [6.45, 7) is 0. The van der Waals surface area contributed by atoms with E-state index in [1.54, 1.807) is 32.6 Å². The minimum atomic E-state index is 0.526. The maximum atomic E-state index is 6.06. The molecule has 0 aliphatic carbocycles.